The van der Waals surface area contributed by atoms with Crippen LogP contribution < -0.4 is 11.1 Å². The largest absolute Gasteiger partial charge is 0.353 e. The molecule has 0 heterocycles. The second-order valence-electron chi connectivity index (χ2n) is 5.17. The molecule has 3 nitrogen and oxygen atoms in total. The van der Waals surface area contributed by atoms with Gasteiger partial charge < -0.3 is 11.1 Å². The summed E-state index contributed by atoms with van der Waals surface area (Å²) >= 11 is 0. The highest BCUT2D eigenvalue weighted by atomic mass is 16.1. The summed E-state index contributed by atoms with van der Waals surface area (Å²) in [5.41, 5.74) is 6.80. The molecule has 0 bridgehead atoms. The summed E-state index contributed by atoms with van der Waals surface area (Å²) in [6.45, 7) is 2.63. The topological polar surface area (TPSA) is 55.1 Å². The molecule has 3 heteroatoms. The third kappa shape index (κ3) is 2.91. The number of carbonyl (C=O) groups is 1. The minimum absolute atomic E-state index is 0.0924. The molecule has 3 N–H and O–H groups in total. The van der Waals surface area contributed by atoms with Crippen LogP contribution in [0.2, 0.25) is 0 Å². The van der Waals surface area contributed by atoms with E-state index in [2.05, 4.69) is 5.32 Å². The van der Waals surface area contributed by atoms with Gasteiger partial charge in [0.1, 0.15) is 0 Å². The molecule has 1 aromatic carbocycles. The lowest BCUT2D eigenvalue weighted by Crippen LogP contribution is -2.41. The smallest absolute Gasteiger partial charge is 0.227 e. The second-order valence-corrected chi connectivity index (χ2v) is 5.17. The Morgan fingerprint density at radius 2 is 2.11 bits per heavy atom. The van der Waals surface area contributed by atoms with Gasteiger partial charge in [0.25, 0.3) is 0 Å². The van der Waals surface area contributed by atoms with Crippen molar-refractivity contribution in [2.24, 2.45) is 11.7 Å². The SMILES string of the molecule is CC(C(=O)NC1CCCC1CN)c1ccccc1. The van der Waals surface area contributed by atoms with Gasteiger partial charge in [-0.05, 0) is 37.8 Å². The van der Waals surface area contributed by atoms with E-state index in [0.717, 1.165) is 18.4 Å². The Kier molecular flexibility index (Phi) is 4.37. The minimum atomic E-state index is -0.0924. The third-order valence-corrected chi connectivity index (χ3v) is 3.98. The fraction of sp³-hybridized carbons (Fsp3) is 0.533. The molecule has 1 amide bonds. The van der Waals surface area contributed by atoms with Crippen molar-refractivity contribution in [3.8, 4) is 0 Å². The number of benzene rings is 1. The average Bonchev–Trinajstić information content (AvgIpc) is 2.86. The number of nitrogens with one attached hydrogen (secondary N) is 1. The van der Waals surface area contributed by atoms with Crippen LogP contribution in [0.1, 0.15) is 37.7 Å². The fourth-order valence-corrected chi connectivity index (χ4v) is 2.71. The zero-order chi connectivity index (χ0) is 13.0. The van der Waals surface area contributed by atoms with Crippen molar-refractivity contribution in [2.75, 3.05) is 6.54 Å². The zero-order valence-electron chi connectivity index (χ0n) is 10.9. The summed E-state index contributed by atoms with van der Waals surface area (Å²) in [4.78, 5) is 12.2. The average molecular weight is 246 g/mol. The molecule has 1 aliphatic rings. The van der Waals surface area contributed by atoms with Gasteiger partial charge in [0, 0.05) is 6.04 Å². The molecule has 3 unspecified atom stereocenters. The van der Waals surface area contributed by atoms with Crippen LogP contribution in [0, 0.1) is 5.92 Å². The maximum Gasteiger partial charge on any atom is 0.227 e. The Morgan fingerprint density at radius 1 is 1.39 bits per heavy atom. The third-order valence-electron chi connectivity index (χ3n) is 3.98. The molecular weight excluding hydrogens is 224 g/mol. The summed E-state index contributed by atoms with van der Waals surface area (Å²) < 4.78 is 0. The molecule has 1 fully saturated rings. The van der Waals surface area contributed by atoms with Crippen molar-refractivity contribution in [1.29, 1.82) is 0 Å². The van der Waals surface area contributed by atoms with Crippen LogP contribution in [-0.4, -0.2) is 18.5 Å². The number of nitrogens with two attached hydrogens (primary N) is 1. The quantitative estimate of drug-likeness (QED) is 0.854. The Morgan fingerprint density at radius 3 is 2.78 bits per heavy atom. The molecule has 0 radical (unpaired) electrons. The maximum absolute atomic E-state index is 12.2. The van der Waals surface area contributed by atoms with Gasteiger partial charge in [-0.3, -0.25) is 4.79 Å². The van der Waals surface area contributed by atoms with Crippen molar-refractivity contribution in [3.63, 3.8) is 0 Å². The fourth-order valence-electron chi connectivity index (χ4n) is 2.71. The molecule has 1 saturated carbocycles. The van der Waals surface area contributed by atoms with E-state index in [1.165, 1.54) is 6.42 Å². The first-order chi connectivity index (χ1) is 8.72. The summed E-state index contributed by atoms with van der Waals surface area (Å²) in [7, 11) is 0. The first kappa shape index (κ1) is 13.1. The molecule has 98 valence electrons. The van der Waals surface area contributed by atoms with Gasteiger partial charge in [-0.15, -0.1) is 0 Å². The van der Waals surface area contributed by atoms with Crippen LogP contribution in [-0.2, 0) is 4.79 Å². The molecule has 3 atom stereocenters. The summed E-state index contributed by atoms with van der Waals surface area (Å²) in [6, 6.07) is 10.2. The van der Waals surface area contributed by atoms with E-state index in [-0.39, 0.29) is 17.9 Å². The Balaban J connectivity index is 1.95. The van der Waals surface area contributed by atoms with Gasteiger partial charge in [0.05, 0.1) is 5.92 Å². The van der Waals surface area contributed by atoms with Crippen molar-refractivity contribution in [1.82, 2.24) is 5.32 Å². The van der Waals surface area contributed by atoms with E-state index in [4.69, 9.17) is 5.73 Å². The normalized spacial score (nSPS) is 24.8. The monoisotopic (exact) mass is 246 g/mol. The lowest BCUT2D eigenvalue weighted by Gasteiger charge is -2.22. The first-order valence-corrected chi connectivity index (χ1v) is 6.77. The molecular formula is C15H22N2O. The van der Waals surface area contributed by atoms with Gasteiger partial charge in [-0.2, -0.15) is 0 Å². The van der Waals surface area contributed by atoms with Crippen LogP contribution in [0.25, 0.3) is 0 Å². The molecule has 2 rings (SSSR count). The number of amides is 1. The van der Waals surface area contributed by atoms with Gasteiger partial charge >= 0.3 is 0 Å². The summed E-state index contributed by atoms with van der Waals surface area (Å²) in [5, 5.41) is 3.16. The molecule has 0 aromatic heterocycles. The lowest BCUT2D eigenvalue weighted by molar-refractivity contribution is -0.123. The van der Waals surface area contributed by atoms with Crippen LogP contribution in [0.3, 0.4) is 0 Å². The molecule has 1 aromatic rings. The predicted octanol–water partition coefficient (Wildman–Crippen LogP) is 2.03. The molecule has 0 spiro atoms. The van der Waals surface area contributed by atoms with Gasteiger partial charge in [-0.1, -0.05) is 36.8 Å². The first-order valence-electron chi connectivity index (χ1n) is 6.77. The number of carbonyl (C=O) groups excluding carboxylic acids is 1. The Bertz CT molecular complexity index is 391. The number of rotatable bonds is 4. The molecule has 1 aliphatic carbocycles. The zero-order valence-corrected chi connectivity index (χ0v) is 10.9. The number of hydrogen-bond acceptors (Lipinski definition) is 2. The van der Waals surface area contributed by atoms with E-state index < -0.39 is 0 Å². The second kappa shape index (κ2) is 6.01. The van der Waals surface area contributed by atoms with Crippen molar-refractivity contribution < 1.29 is 4.79 Å². The predicted molar refractivity (Wildman–Crippen MR) is 73.2 cm³/mol. The van der Waals surface area contributed by atoms with Crippen molar-refractivity contribution in [3.05, 3.63) is 35.9 Å². The van der Waals surface area contributed by atoms with Crippen LogP contribution in [0.5, 0.6) is 0 Å². The molecule has 18 heavy (non-hydrogen) atoms. The molecule has 0 aliphatic heterocycles. The Hall–Kier alpha value is -1.35. The highest BCUT2D eigenvalue weighted by Gasteiger charge is 2.28. The van der Waals surface area contributed by atoms with Crippen LogP contribution in [0.4, 0.5) is 0 Å². The van der Waals surface area contributed by atoms with Crippen molar-refractivity contribution in [2.45, 2.75) is 38.1 Å². The van der Waals surface area contributed by atoms with Crippen LogP contribution >= 0.6 is 0 Å². The highest BCUT2D eigenvalue weighted by molar-refractivity contribution is 5.83. The van der Waals surface area contributed by atoms with Crippen LogP contribution in [0.15, 0.2) is 30.3 Å². The standard InChI is InChI=1S/C15H22N2O/c1-11(12-6-3-2-4-7-12)15(18)17-14-9-5-8-13(14)10-16/h2-4,6-7,11,13-14H,5,8-10,16H2,1H3,(H,17,18). The summed E-state index contributed by atoms with van der Waals surface area (Å²) in [5.74, 6) is 0.480. The molecule has 0 saturated heterocycles. The van der Waals surface area contributed by atoms with Gasteiger partial charge in [0.15, 0.2) is 0 Å². The minimum Gasteiger partial charge on any atom is -0.353 e. The van der Waals surface area contributed by atoms with E-state index in [0.29, 0.717) is 12.5 Å². The van der Waals surface area contributed by atoms with E-state index in [1.54, 1.807) is 0 Å². The Labute approximate surface area is 109 Å². The van der Waals surface area contributed by atoms with Gasteiger partial charge in [0.2, 0.25) is 5.91 Å². The maximum atomic E-state index is 12.2. The lowest BCUT2D eigenvalue weighted by atomic mass is 9.98. The van der Waals surface area contributed by atoms with E-state index in [9.17, 15) is 4.79 Å². The number of hydrogen-bond donors (Lipinski definition) is 2. The van der Waals surface area contributed by atoms with E-state index >= 15 is 0 Å². The highest BCUT2D eigenvalue weighted by Crippen LogP contribution is 2.25. The van der Waals surface area contributed by atoms with Crippen molar-refractivity contribution >= 4 is 5.91 Å². The van der Waals surface area contributed by atoms with Gasteiger partial charge in [-0.25, -0.2) is 0 Å². The summed E-state index contributed by atoms with van der Waals surface area (Å²) in [6.07, 6.45) is 3.38. The van der Waals surface area contributed by atoms with E-state index in [1.807, 2.05) is 37.3 Å².